The molecule has 2 N–H and O–H groups in total. The Morgan fingerprint density at radius 3 is 2.39 bits per heavy atom. The topological polar surface area (TPSA) is 80.3 Å². The normalized spacial score (nSPS) is 35.2. The van der Waals surface area contributed by atoms with Gasteiger partial charge in [-0.2, -0.15) is 0 Å². The van der Waals surface area contributed by atoms with Crippen LogP contribution < -0.4 is 5.32 Å². The predicted octanol–water partition coefficient (Wildman–Crippen LogP) is 1.29. The molecule has 4 aliphatic heterocycles. The van der Waals surface area contributed by atoms with Gasteiger partial charge in [-0.05, 0) is 45.4 Å². The molecule has 4 saturated heterocycles. The average molecular weight is 397 g/mol. The van der Waals surface area contributed by atoms with Gasteiger partial charge in [-0.25, -0.2) is 0 Å². The molecule has 0 aromatic carbocycles. The second-order valence-corrected chi connectivity index (χ2v) is 9.70. The maximum absolute atomic E-state index is 11.8. The SMILES string of the molecule is CC(=O)NC(C(C)OCC12CCC(CC1)OC2)C(O)N1CCC2(CC1)COC2. The lowest BCUT2D eigenvalue weighted by Gasteiger charge is -2.49. The van der Waals surface area contributed by atoms with Crippen LogP contribution in [0.4, 0.5) is 0 Å². The summed E-state index contributed by atoms with van der Waals surface area (Å²) in [5.74, 6) is -0.139. The highest BCUT2D eigenvalue weighted by molar-refractivity contribution is 5.73. The molecule has 3 atom stereocenters. The molecule has 1 saturated carbocycles. The molecule has 7 nitrogen and oxygen atoms in total. The molecule has 2 bridgehead atoms. The number of aliphatic hydroxyl groups excluding tert-OH is 1. The minimum atomic E-state index is -0.743. The Bertz CT molecular complexity index is 535. The summed E-state index contributed by atoms with van der Waals surface area (Å²) >= 11 is 0. The van der Waals surface area contributed by atoms with Crippen molar-refractivity contribution in [2.45, 2.75) is 76.9 Å². The van der Waals surface area contributed by atoms with E-state index in [9.17, 15) is 9.90 Å². The molecule has 7 heteroatoms. The van der Waals surface area contributed by atoms with Crippen LogP contribution in [0.25, 0.3) is 0 Å². The molecule has 1 amide bonds. The number of carbonyl (C=O) groups excluding carboxylic acids is 1. The molecule has 5 fully saturated rings. The van der Waals surface area contributed by atoms with Gasteiger partial charge in [-0.1, -0.05) is 0 Å². The molecular weight excluding hydrogens is 360 g/mol. The smallest absolute Gasteiger partial charge is 0.217 e. The largest absolute Gasteiger partial charge is 0.380 e. The van der Waals surface area contributed by atoms with Crippen LogP contribution in [-0.4, -0.2) is 79.9 Å². The monoisotopic (exact) mass is 396 g/mol. The number of nitrogens with zero attached hydrogens (tertiary/aromatic N) is 1. The summed E-state index contributed by atoms with van der Waals surface area (Å²) in [4.78, 5) is 13.9. The van der Waals surface area contributed by atoms with Crippen LogP contribution in [0.5, 0.6) is 0 Å². The number of rotatable bonds is 7. The zero-order valence-corrected chi connectivity index (χ0v) is 17.3. The third-order valence-electron chi connectivity index (χ3n) is 7.52. The summed E-state index contributed by atoms with van der Waals surface area (Å²) in [6.45, 7) is 8.20. The highest BCUT2D eigenvalue weighted by Crippen LogP contribution is 2.43. The number of fused-ring (bicyclic) bond motifs is 3. The first kappa shape index (κ1) is 20.5. The fourth-order valence-corrected chi connectivity index (χ4v) is 5.25. The van der Waals surface area contributed by atoms with Gasteiger partial charge in [0.2, 0.25) is 5.91 Å². The molecule has 0 aromatic heterocycles. The number of hydrogen-bond acceptors (Lipinski definition) is 6. The van der Waals surface area contributed by atoms with Crippen molar-refractivity contribution in [2.24, 2.45) is 10.8 Å². The van der Waals surface area contributed by atoms with Crippen molar-refractivity contribution in [1.29, 1.82) is 0 Å². The third kappa shape index (κ3) is 4.24. The summed E-state index contributed by atoms with van der Waals surface area (Å²) in [5.41, 5.74) is 0.428. The standard InChI is InChI=1S/C21H36N2O5/c1-15(27-13-20-5-3-17(4-6-20)28-14-20)18(22-16(2)24)19(25)23-9-7-21(8-10-23)11-26-12-21/h15,17-19,25H,3-14H2,1-2H3,(H,22,24). The summed E-state index contributed by atoms with van der Waals surface area (Å²) < 4.78 is 17.5. The van der Waals surface area contributed by atoms with E-state index in [1.165, 1.54) is 6.92 Å². The van der Waals surface area contributed by atoms with E-state index in [1.54, 1.807) is 0 Å². The molecular formula is C21H36N2O5. The first-order valence-corrected chi connectivity index (χ1v) is 10.9. The van der Waals surface area contributed by atoms with Crippen LogP contribution in [0.3, 0.4) is 0 Å². The van der Waals surface area contributed by atoms with Crippen molar-refractivity contribution in [1.82, 2.24) is 10.2 Å². The van der Waals surface area contributed by atoms with E-state index < -0.39 is 12.3 Å². The molecule has 3 unspecified atom stereocenters. The highest BCUT2D eigenvalue weighted by atomic mass is 16.5. The second kappa shape index (κ2) is 8.19. The van der Waals surface area contributed by atoms with E-state index in [4.69, 9.17) is 14.2 Å². The summed E-state index contributed by atoms with van der Waals surface area (Å²) in [7, 11) is 0. The zero-order valence-electron chi connectivity index (χ0n) is 17.3. The molecule has 160 valence electrons. The van der Waals surface area contributed by atoms with Crippen molar-refractivity contribution in [3.8, 4) is 0 Å². The number of likely N-dealkylation sites (tertiary alicyclic amines) is 1. The van der Waals surface area contributed by atoms with E-state index in [0.29, 0.717) is 18.1 Å². The van der Waals surface area contributed by atoms with Crippen LogP contribution in [0.1, 0.15) is 52.4 Å². The zero-order chi connectivity index (χ0) is 19.8. The first-order valence-electron chi connectivity index (χ1n) is 10.9. The lowest BCUT2D eigenvalue weighted by Crippen LogP contribution is -2.60. The van der Waals surface area contributed by atoms with Gasteiger partial charge in [0.15, 0.2) is 0 Å². The van der Waals surface area contributed by atoms with E-state index in [1.807, 2.05) is 6.92 Å². The fraction of sp³-hybridized carbons (Fsp3) is 0.952. The Morgan fingerprint density at radius 1 is 1.21 bits per heavy atom. The van der Waals surface area contributed by atoms with Gasteiger partial charge < -0.3 is 24.6 Å². The summed E-state index contributed by atoms with van der Waals surface area (Å²) in [6, 6.07) is -0.443. The molecule has 5 rings (SSSR count). The van der Waals surface area contributed by atoms with Crippen LogP contribution in [0.2, 0.25) is 0 Å². The van der Waals surface area contributed by atoms with Gasteiger partial charge in [-0.3, -0.25) is 9.69 Å². The Kier molecular flexibility index (Phi) is 6.00. The molecule has 0 radical (unpaired) electrons. The first-order chi connectivity index (χ1) is 13.4. The van der Waals surface area contributed by atoms with Gasteiger partial charge in [0.25, 0.3) is 0 Å². The maximum Gasteiger partial charge on any atom is 0.217 e. The molecule has 5 aliphatic rings. The van der Waals surface area contributed by atoms with E-state index in [0.717, 1.165) is 71.4 Å². The van der Waals surface area contributed by atoms with Crippen molar-refractivity contribution >= 4 is 5.91 Å². The van der Waals surface area contributed by atoms with Gasteiger partial charge >= 0.3 is 0 Å². The Hall–Kier alpha value is -0.730. The molecule has 4 heterocycles. The number of ether oxygens (including phenoxy) is 3. The van der Waals surface area contributed by atoms with Crippen molar-refractivity contribution in [2.75, 3.05) is 39.5 Å². The molecule has 28 heavy (non-hydrogen) atoms. The molecule has 1 spiro atoms. The Balaban J connectivity index is 1.34. The van der Waals surface area contributed by atoms with Gasteiger partial charge in [-0.15, -0.1) is 0 Å². The predicted molar refractivity (Wildman–Crippen MR) is 104 cm³/mol. The van der Waals surface area contributed by atoms with Crippen molar-refractivity contribution in [3.05, 3.63) is 0 Å². The van der Waals surface area contributed by atoms with Crippen molar-refractivity contribution < 1.29 is 24.1 Å². The fourth-order valence-electron chi connectivity index (χ4n) is 5.25. The van der Waals surface area contributed by atoms with Gasteiger partial charge in [0.05, 0.1) is 44.7 Å². The van der Waals surface area contributed by atoms with Crippen LogP contribution >= 0.6 is 0 Å². The summed E-state index contributed by atoms with van der Waals surface area (Å²) in [5, 5.41) is 14.0. The van der Waals surface area contributed by atoms with Gasteiger partial charge in [0, 0.05) is 30.8 Å². The maximum atomic E-state index is 11.8. The quantitative estimate of drug-likeness (QED) is 0.675. The van der Waals surface area contributed by atoms with Gasteiger partial charge in [0.1, 0.15) is 6.23 Å². The minimum absolute atomic E-state index is 0.108. The number of piperidine rings is 1. The lowest BCUT2D eigenvalue weighted by atomic mass is 9.72. The number of hydrogen-bond donors (Lipinski definition) is 2. The Morgan fingerprint density at radius 2 is 1.89 bits per heavy atom. The highest BCUT2D eigenvalue weighted by Gasteiger charge is 2.45. The van der Waals surface area contributed by atoms with Crippen LogP contribution in [0, 0.1) is 10.8 Å². The number of aliphatic hydroxyl groups is 1. The Labute approximate surface area is 168 Å². The molecule has 1 aliphatic carbocycles. The minimum Gasteiger partial charge on any atom is -0.380 e. The van der Waals surface area contributed by atoms with Crippen LogP contribution in [-0.2, 0) is 19.0 Å². The second-order valence-electron chi connectivity index (χ2n) is 9.70. The van der Waals surface area contributed by atoms with Crippen molar-refractivity contribution in [3.63, 3.8) is 0 Å². The number of amides is 1. The summed E-state index contributed by atoms with van der Waals surface area (Å²) in [6.07, 6.45) is 6.04. The third-order valence-corrected chi connectivity index (χ3v) is 7.52. The lowest BCUT2D eigenvalue weighted by molar-refractivity contribution is -0.172. The van der Waals surface area contributed by atoms with E-state index in [2.05, 4.69) is 10.2 Å². The average Bonchev–Trinajstić information content (AvgIpc) is 2.70. The molecule has 0 aromatic rings. The number of carbonyl (C=O) groups is 1. The van der Waals surface area contributed by atoms with Crippen LogP contribution in [0.15, 0.2) is 0 Å². The van der Waals surface area contributed by atoms with E-state index >= 15 is 0 Å². The van der Waals surface area contributed by atoms with E-state index in [-0.39, 0.29) is 17.4 Å². The number of nitrogens with one attached hydrogen (secondary N) is 1.